The van der Waals surface area contributed by atoms with Crippen molar-refractivity contribution in [1.82, 2.24) is 10.2 Å². The monoisotopic (exact) mass is 444 g/mol. The van der Waals surface area contributed by atoms with Gasteiger partial charge < -0.3 is 19.7 Å². The molecule has 0 aromatic heterocycles. The van der Waals surface area contributed by atoms with Gasteiger partial charge in [-0.25, -0.2) is 0 Å². The topological polar surface area (TPSA) is 67.9 Å². The number of nitrogens with one attached hydrogen (secondary N) is 1. The van der Waals surface area contributed by atoms with E-state index in [1.54, 1.807) is 17.0 Å². The van der Waals surface area contributed by atoms with Crippen molar-refractivity contribution in [2.24, 2.45) is 0 Å². The van der Waals surface area contributed by atoms with Crippen molar-refractivity contribution in [2.45, 2.75) is 38.6 Å². The maximum Gasteiger partial charge on any atom is 0.255 e. The second-order valence-electron chi connectivity index (χ2n) is 7.75. The van der Waals surface area contributed by atoms with Crippen molar-refractivity contribution >= 4 is 23.4 Å². The summed E-state index contributed by atoms with van der Waals surface area (Å²) < 4.78 is 10.8. The van der Waals surface area contributed by atoms with Gasteiger partial charge in [-0.2, -0.15) is 0 Å². The average molecular weight is 445 g/mol. The average Bonchev–Trinajstić information content (AvgIpc) is 3.04. The second-order valence-corrected chi connectivity index (χ2v) is 8.19. The zero-order chi connectivity index (χ0) is 22.5. The molecule has 7 heteroatoms. The molecule has 1 aliphatic heterocycles. The van der Waals surface area contributed by atoms with Crippen molar-refractivity contribution in [2.75, 3.05) is 27.3 Å². The van der Waals surface area contributed by atoms with Crippen LogP contribution >= 0.6 is 11.6 Å². The number of unbranched alkanes of at least 4 members (excludes halogenated alkanes) is 1. The Bertz CT molecular complexity index is 945. The van der Waals surface area contributed by atoms with Crippen LogP contribution in [0.25, 0.3) is 0 Å². The number of benzene rings is 2. The maximum atomic E-state index is 13.4. The number of ether oxygens (including phenoxy) is 2. The fourth-order valence-corrected chi connectivity index (χ4v) is 4.02. The highest BCUT2D eigenvalue weighted by atomic mass is 35.5. The Hall–Kier alpha value is -2.73. The van der Waals surface area contributed by atoms with E-state index >= 15 is 0 Å². The highest BCUT2D eigenvalue weighted by molar-refractivity contribution is 6.30. The van der Waals surface area contributed by atoms with E-state index in [-0.39, 0.29) is 17.7 Å². The van der Waals surface area contributed by atoms with Gasteiger partial charge in [0.25, 0.3) is 5.91 Å². The van der Waals surface area contributed by atoms with Gasteiger partial charge in [0, 0.05) is 29.2 Å². The van der Waals surface area contributed by atoms with Gasteiger partial charge in [0.1, 0.15) is 6.04 Å². The first kappa shape index (κ1) is 22.9. The minimum atomic E-state index is -0.714. The largest absolute Gasteiger partial charge is 0.493 e. The van der Waals surface area contributed by atoms with Crippen LogP contribution in [0.4, 0.5) is 0 Å². The molecule has 6 nitrogen and oxygen atoms in total. The van der Waals surface area contributed by atoms with Crippen molar-refractivity contribution in [1.29, 1.82) is 0 Å². The molecule has 1 N–H and O–H groups in total. The molecule has 2 amide bonds. The summed E-state index contributed by atoms with van der Waals surface area (Å²) in [5.41, 5.74) is 2.16. The van der Waals surface area contributed by atoms with Crippen LogP contribution in [0, 0.1) is 0 Å². The van der Waals surface area contributed by atoms with E-state index in [1.807, 2.05) is 31.2 Å². The van der Waals surface area contributed by atoms with Crippen molar-refractivity contribution < 1.29 is 19.1 Å². The predicted octanol–water partition coefficient (Wildman–Crippen LogP) is 4.57. The lowest BCUT2D eigenvalue weighted by atomic mass is 9.99. The normalized spacial score (nSPS) is 16.1. The summed E-state index contributed by atoms with van der Waals surface area (Å²) in [6.45, 7) is 5.07. The molecule has 166 valence electrons. The lowest BCUT2D eigenvalue weighted by Gasteiger charge is -2.27. The number of amides is 2. The molecular weight excluding hydrogens is 416 g/mol. The Labute approximate surface area is 188 Å². The van der Waals surface area contributed by atoms with E-state index < -0.39 is 6.04 Å². The van der Waals surface area contributed by atoms with E-state index in [2.05, 4.69) is 12.2 Å². The zero-order valence-electron chi connectivity index (χ0n) is 18.4. The molecule has 3 rings (SSSR count). The van der Waals surface area contributed by atoms with Crippen molar-refractivity contribution in [3.63, 3.8) is 0 Å². The van der Waals surface area contributed by atoms with Gasteiger partial charge in [0.15, 0.2) is 11.5 Å². The quantitative estimate of drug-likeness (QED) is 0.575. The second kappa shape index (κ2) is 10.1. The molecule has 2 atom stereocenters. The maximum absolute atomic E-state index is 13.4. The minimum Gasteiger partial charge on any atom is -0.493 e. The summed E-state index contributed by atoms with van der Waals surface area (Å²) in [4.78, 5) is 28.2. The Morgan fingerprint density at radius 2 is 1.81 bits per heavy atom. The Kier molecular flexibility index (Phi) is 7.44. The van der Waals surface area contributed by atoms with E-state index in [4.69, 9.17) is 21.1 Å². The number of rotatable bonds is 9. The van der Waals surface area contributed by atoms with Gasteiger partial charge in [-0.1, -0.05) is 44.0 Å². The summed E-state index contributed by atoms with van der Waals surface area (Å²) in [6.07, 6.45) is 1.86. The molecule has 1 heterocycles. The molecule has 0 radical (unpaired) electrons. The molecule has 0 bridgehead atoms. The molecular formula is C24H29ClN2O4. The highest BCUT2D eigenvalue weighted by Gasteiger charge is 2.42. The first-order valence-electron chi connectivity index (χ1n) is 10.5. The molecule has 0 saturated heterocycles. The number of carbonyl (C=O) groups excluding carboxylic acids is 2. The fraction of sp³-hybridized carbons (Fsp3) is 0.417. The number of nitrogens with zero attached hydrogens (tertiary/aromatic N) is 1. The molecule has 0 fully saturated rings. The van der Waals surface area contributed by atoms with Crippen molar-refractivity contribution in [3.05, 3.63) is 58.1 Å². The van der Waals surface area contributed by atoms with E-state index in [9.17, 15) is 9.59 Å². The molecule has 2 aromatic carbocycles. The van der Waals surface area contributed by atoms with Gasteiger partial charge in [-0.15, -0.1) is 0 Å². The third-order valence-electron chi connectivity index (χ3n) is 5.64. The molecule has 31 heavy (non-hydrogen) atoms. The molecule has 0 spiro atoms. The van der Waals surface area contributed by atoms with Crippen LogP contribution in [-0.4, -0.2) is 44.0 Å². The van der Waals surface area contributed by atoms with Crippen LogP contribution in [0.5, 0.6) is 11.5 Å². The Morgan fingerprint density at radius 1 is 1.16 bits per heavy atom. The highest BCUT2D eigenvalue weighted by Crippen LogP contribution is 2.41. The van der Waals surface area contributed by atoms with E-state index in [0.717, 1.165) is 18.4 Å². The van der Waals surface area contributed by atoms with Crippen LogP contribution in [0.3, 0.4) is 0 Å². The Morgan fingerprint density at radius 3 is 2.42 bits per heavy atom. The lowest BCUT2D eigenvalue weighted by Crippen LogP contribution is -2.41. The van der Waals surface area contributed by atoms with Crippen molar-refractivity contribution in [3.8, 4) is 11.5 Å². The van der Waals surface area contributed by atoms with Gasteiger partial charge >= 0.3 is 0 Å². The van der Waals surface area contributed by atoms with E-state index in [1.165, 1.54) is 14.2 Å². The van der Waals surface area contributed by atoms with Gasteiger partial charge in [0.2, 0.25) is 5.91 Å². The summed E-state index contributed by atoms with van der Waals surface area (Å²) in [5.74, 6) is 0.606. The number of fused-ring (bicyclic) bond motifs is 1. The molecule has 1 aliphatic rings. The third kappa shape index (κ3) is 4.79. The number of hydrogen-bond acceptors (Lipinski definition) is 4. The smallest absolute Gasteiger partial charge is 0.255 e. The predicted molar refractivity (Wildman–Crippen MR) is 121 cm³/mol. The first-order chi connectivity index (χ1) is 14.9. The summed E-state index contributed by atoms with van der Waals surface area (Å²) in [5, 5.41) is 3.64. The van der Waals surface area contributed by atoms with Gasteiger partial charge in [-0.05, 0) is 42.2 Å². The lowest BCUT2D eigenvalue weighted by molar-refractivity contribution is -0.125. The summed E-state index contributed by atoms with van der Waals surface area (Å²) >= 11 is 6.01. The molecule has 2 aromatic rings. The third-order valence-corrected chi connectivity index (χ3v) is 5.89. The summed E-state index contributed by atoms with van der Waals surface area (Å²) in [7, 11) is 3.07. The standard InChI is InChI=1S/C24H29ClN2O4/c1-5-6-11-26-23(28)22-18-12-20(30-3)21(31-4)13-19(18)24(29)27(22)14-15(2)16-7-9-17(25)10-8-16/h7-10,12-13,15,22H,5-6,11,14H2,1-4H3,(H,26,28). The molecule has 0 saturated carbocycles. The first-order valence-corrected chi connectivity index (χ1v) is 10.9. The summed E-state index contributed by atoms with van der Waals surface area (Å²) in [6, 6.07) is 10.2. The van der Waals surface area contributed by atoms with Crippen LogP contribution < -0.4 is 14.8 Å². The molecule has 0 aliphatic carbocycles. The minimum absolute atomic E-state index is 0.0188. The number of methoxy groups -OCH3 is 2. The fourth-order valence-electron chi connectivity index (χ4n) is 3.89. The molecule has 2 unspecified atom stereocenters. The van der Waals surface area contributed by atoms with Gasteiger partial charge in [-0.3, -0.25) is 9.59 Å². The van der Waals surface area contributed by atoms with Crippen LogP contribution in [0.1, 0.15) is 60.1 Å². The van der Waals surface area contributed by atoms with Crippen LogP contribution in [0.15, 0.2) is 36.4 Å². The SMILES string of the molecule is CCCCNC(=O)C1c2cc(OC)c(OC)cc2C(=O)N1CC(C)c1ccc(Cl)cc1. The Balaban J connectivity index is 1.96. The van der Waals surface area contributed by atoms with Crippen LogP contribution in [-0.2, 0) is 4.79 Å². The van der Waals surface area contributed by atoms with E-state index in [0.29, 0.717) is 40.7 Å². The van der Waals surface area contributed by atoms with Crippen LogP contribution in [0.2, 0.25) is 5.02 Å². The number of carbonyl (C=O) groups is 2. The zero-order valence-corrected chi connectivity index (χ0v) is 19.2. The van der Waals surface area contributed by atoms with Gasteiger partial charge in [0.05, 0.1) is 14.2 Å². The number of halogens is 1. The number of hydrogen-bond donors (Lipinski definition) is 1.